The maximum Gasteiger partial charge on any atom is 0.317 e. The van der Waals surface area contributed by atoms with Crippen LogP contribution in [-0.4, -0.2) is 51.3 Å². The molecular weight excluding hydrogens is 370 g/mol. The smallest absolute Gasteiger partial charge is 0.317 e. The van der Waals surface area contributed by atoms with E-state index in [9.17, 15) is 4.79 Å². The first-order valence-electron chi connectivity index (χ1n) is 10.1. The molecule has 8 nitrogen and oxygen atoms in total. The first kappa shape index (κ1) is 18.2. The van der Waals surface area contributed by atoms with E-state index < -0.39 is 0 Å². The molecule has 0 bridgehead atoms. The number of rotatable bonds is 4. The quantitative estimate of drug-likeness (QED) is 0.708. The molecule has 0 spiro atoms. The largest absolute Gasteiger partial charge is 0.365 e. The van der Waals surface area contributed by atoms with Crippen LogP contribution in [-0.2, 0) is 24.2 Å². The number of ether oxygens (including phenoxy) is 1. The summed E-state index contributed by atoms with van der Waals surface area (Å²) in [5, 5.41) is 8.23. The van der Waals surface area contributed by atoms with Crippen molar-refractivity contribution in [3.05, 3.63) is 46.7 Å². The van der Waals surface area contributed by atoms with Crippen LogP contribution in [0.2, 0.25) is 0 Å². The van der Waals surface area contributed by atoms with Gasteiger partial charge in [-0.3, -0.25) is 0 Å². The SMILES string of the molecule is Cc1ccc2[nH]c3c(c2c1)CC(NC(=O)N1CC(OCc2nc(C)no2)C1)CC3. The summed E-state index contributed by atoms with van der Waals surface area (Å²) in [6, 6.07) is 6.66. The van der Waals surface area contributed by atoms with Crippen molar-refractivity contribution in [3.8, 4) is 0 Å². The number of amides is 2. The summed E-state index contributed by atoms with van der Waals surface area (Å²) in [6.07, 6.45) is 2.80. The van der Waals surface area contributed by atoms with Gasteiger partial charge in [0.15, 0.2) is 5.82 Å². The van der Waals surface area contributed by atoms with Gasteiger partial charge in [-0.15, -0.1) is 0 Å². The normalized spacial score (nSPS) is 19.2. The lowest BCUT2D eigenvalue weighted by atomic mass is 9.91. The highest BCUT2D eigenvalue weighted by Gasteiger charge is 2.33. The average molecular weight is 395 g/mol. The third-order valence-corrected chi connectivity index (χ3v) is 5.82. The fourth-order valence-electron chi connectivity index (χ4n) is 4.22. The summed E-state index contributed by atoms with van der Waals surface area (Å²) in [7, 11) is 0. The number of carbonyl (C=O) groups is 1. The summed E-state index contributed by atoms with van der Waals surface area (Å²) in [6.45, 7) is 5.34. The van der Waals surface area contributed by atoms with E-state index in [-0.39, 0.29) is 24.8 Å². The molecule has 152 valence electrons. The molecule has 1 aliphatic heterocycles. The minimum atomic E-state index is -0.0112. The van der Waals surface area contributed by atoms with Gasteiger partial charge in [0.05, 0.1) is 19.2 Å². The molecule has 0 saturated carbocycles. The fraction of sp³-hybridized carbons (Fsp3) is 0.476. The molecule has 2 amide bonds. The molecule has 1 saturated heterocycles. The molecule has 0 radical (unpaired) electrons. The third-order valence-electron chi connectivity index (χ3n) is 5.82. The number of nitrogens with zero attached hydrogens (tertiary/aromatic N) is 3. The highest BCUT2D eigenvalue weighted by Crippen LogP contribution is 2.30. The molecule has 5 rings (SSSR count). The monoisotopic (exact) mass is 395 g/mol. The molecule has 1 atom stereocenters. The maximum atomic E-state index is 12.6. The van der Waals surface area contributed by atoms with Gasteiger partial charge in [0.2, 0.25) is 0 Å². The van der Waals surface area contributed by atoms with Crippen LogP contribution in [0, 0.1) is 13.8 Å². The highest BCUT2D eigenvalue weighted by molar-refractivity contribution is 5.86. The molecule has 3 aromatic rings. The second kappa shape index (κ2) is 7.18. The Bertz CT molecular complexity index is 1050. The second-order valence-corrected chi connectivity index (χ2v) is 8.09. The number of benzene rings is 1. The predicted octanol–water partition coefficient (Wildman–Crippen LogP) is 2.64. The lowest BCUT2D eigenvalue weighted by Crippen LogP contribution is -2.59. The van der Waals surface area contributed by atoms with Crippen LogP contribution >= 0.6 is 0 Å². The van der Waals surface area contributed by atoms with E-state index in [2.05, 4.69) is 45.6 Å². The molecule has 1 fully saturated rings. The van der Waals surface area contributed by atoms with Crippen molar-refractivity contribution in [1.29, 1.82) is 0 Å². The highest BCUT2D eigenvalue weighted by atomic mass is 16.5. The van der Waals surface area contributed by atoms with Crippen molar-refractivity contribution < 1.29 is 14.1 Å². The van der Waals surface area contributed by atoms with Gasteiger partial charge in [0, 0.05) is 22.6 Å². The van der Waals surface area contributed by atoms with Gasteiger partial charge in [-0.05, 0) is 50.8 Å². The van der Waals surface area contributed by atoms with Gasteiger partial charge >= 0.3 is 6.03 Å². The van der Waals surface area contributed by atoms with Gasteiger partial charge in [-0.1, -0.05) is 16.8 Å². The number of aromatic nitrogens is 3. The zero-order chi connectivity index (χ0) is 20.0. The first-order valence-corrected chi connectivity index (χ1v) is 10.1. The zero-order valence-corrected chi connectivity index (χ0v) is 16.7. The van der Waals surface area contributed by atoms with Crippen LogP contribution in [0.5, 0.6) is 0 Å². The van der Waals surface area contributed by atoms with E-state index in [1.54, 1.807) is 11.8 Å². The number of urea groups is 1. The molecule has 1 unspecified atom stereocenters. The molecule has 2 N–H and O–H groups in total. The molecule has 8 heteroatoms. The summed E-state index contributed by atoms with van der Waals surface area (Å²) in [5.41, 5.74) is 5.10. The number of hydrogen-bond donors (Lipinski definition) is 2. The van der Waals surface area contributed by atoms with Crippen molar-refractivity contribution in [1.82, 2.24) is 25.3 Å². The minimum Gasteiger partial charge on any atom is -0.365 e. The van der Waals surface area contributed by atoms with Crippen molar-refractivity contribution in [3.63, 3.8) is 0 Å². The van der Waals surface area contributed by atoms with Crippen molar-refractivity contribution >= 4 is 16.9 Å². The fourth-order valence-corrected chi connectivity index (χ4v) is 4.22. The number of fused-ring (bicyclic) bond motifs is 3. The van der Waals surface area contributed by atoms with Crippen LogP contribution in [0.4, 0.5) is 4.79 Å². The predicted molar refractivity (Wildman–Crippen MR) is 107 cm³/mol. The van der Waals surface area contributed by atoms with Crippen LogP contribution in [0.3, 0.4) is 0 Å². The van der Waals surface area contributed by atoms with E-state index in [0.29, 0.717) is 24.8 Å². The topological polar surface area (TPSA) is 96.3 Å². The number of likely N-dealkylation sites (tertiary alicyclic amines) is 1. The van der Waals surface area contributed by atoms with Crippen LogP contribution in [0.15, 0.2) is 22.7 Å². The van der Waals surface area contributed by atoms with Gasteiger partial charge in [-0.2, -0.15) is 4.98 Å². The Morgan fingerprint density at radius 1 is 1.38 bits per heavy atom. The molecule has 2 aliphatic rings. The summed E-state index contributed by atoms with van der Waals surface area (Å²) >= 11 is 0. The lowest BCUT2D eigenvalue weighted by molar-refractivity contribution is -0.0519. The van der Waals surface area contributed by atoms with Crippen LogP contribution in [0.1, 0.15) is 35.0 Å². The van der Waals surface area contributed by atoms with E-state index >= 15 is 0 Å². The molecular formula is C21H25N5O3. The molecule has 29 heavy (non-hydrogen) atoms. The van der Waals surface area contributed by atoms with E-state index in [1.807, 2.05) is 0 Å². The Hall–Kier alpha value is -2.87. The Balaban J connectivity index is 1.14. The van der Waals surface area contributed by atoms with Gasteiger partial charge < -0.3 is 24.5 Å². The van der Waals surface area contributed by atoms with Gasteiger partial charge in [0.25, 0.3) is 5.89 Å². The number of nitrogens with one attached hydrogen (secondary N) is 2. The van der Waals surface area contributed by atoms with Crippen LogP contribution in [0.25, 0.3) is 10.9 Å². The van der Waals surface area contributed by atoms with E-state index in [0.717, 1.165) is 19.3 Å². The lowest BCUT2D eigenvalue weighted by Gasteiger charge is -2.39. The summed E-state index contributed by atoms with van der Waals surface area (Å²) < 4.78 is 10.8. The van der Waals surface area contributed by atoms with Crippen LogP contribution < -0.4 is 5.32 Å². The Morgan fingerprint density at radius 2 is 2.24 bits per heavy atom. The number of aryl methyl sites for hydroxylation is 3. The second-order valence-electron chi connectivity index (χ2n) is 8.09. The Morgan fingerprint density at radius 3 is 3.03 bits per heavy atom. The minimum absolute atomic E-state index is 0.0112. The molecule has 3 heterocycles. The van der Waals surface area contributed by atoms with Crippen molar-refractivity contribution in [2.75, 3.05) is 13.1 Å². The Labute approximate surface area is 168 Å². The van der Waals surface area contributed by atoms with Crippen molar-refractivity contribution in [2.45, 2.75) is 51.9 Å². The zero-order valence-electron chi connectivity index (χ0n) is 16.7. The number of carbonyl (C=O) groups excluding carboxylic acids is 1. The third kappa shape index (κ3) is 3.60. The first-order chi connectivity index (χ1) is 14.0. The number of hydrogen-bond acceptors (Lipinski definition) is 5. The summed E-state index contributed by atoms with van der Waals surface area (Å²) in [5.74, 6) is 1.07. The average Bonchev–Trinajstić information content (AvgIpc) is 3.23. The standard InChI is InChI=1S/C21H25N5O3/c1-12-3-5-18-16(7-12)17-8-14(4-6-19(17)24-18)23-21(27)26-9-15(10-26)28-11-20-22-13(2)25-29-20/h3,5,7,14-15,24H,4,6,8-11H2,1-2H3,(H,23,27). The number of H-pyrrole nitrogens is 1. The van der Waals surface area contributed by atoms with E-state index in [4.69, 9.17) is 9.26 Å². The maximum absolute atomic E-state index is 12.6. The van der Waals surface area contributed by atoms with Crippen molar-refractivity contribution in [2.24, 2.45) is 0 Å². The number of aromatic amines is 1. The summed E-state index contributed by atoms with van der Waals surface area (Å²) in [4.78, 5) is 22.0. The van der Waals surface area contributed by atoms with Gasteiger partial charge in [0.1, 0.15) is 6.61 Å². The Kier molecular flexibility index (Phi) is 4.50. The van der Waals surface area contributed by atoms with E-state index in [1.165, 1.54) is 27.7 Å². The molecule has 2 aromatic heterocycles. The van der Waals surface area contributed by atoms with Gasteiger partial charge in [-0.25, -0.2) is 4.79 Å². The molecule has 1 aliphatic carbocycles. The molecule has 1 aromatic carbocycles.